The van der Waals surface area contributed by atoms with Crippen LogP contribution in [0, 0.1) is 11.7 Å². The number of nitrogens with zero attached hydrogens (tertiary/aromatic N) is 4. The van der Waals surface area contributed by atoms with Crippen LogP contribution >= 0.6 is 0 Å². The fourth-order valence-electron chi connectivity index (χ4n) is 4.83. The van der Waals surface area contributed by atoms with Crippen molar-refractivity contribution in [1.29, 1.82) is 0 Å². The van der Waals surface area contributed by atoms with Crippen LogP contribution in [0.25, 0.3) is 16.5 Å². The molecule has 8 heteroatoms. The van der Waals surface area contributed by atoms with E-state index in [0.717, 1.165) is 29.5 Å². The molecule has 0 bridgehead atoms. The molecule has 1 aromatic carbocycles. The predicted octanol–water partition coefficient (Wildman–Crippen LogP) is 3.48. The Kier molecular flexibility index (Phi) is 5.60. The average Bonchev–Trinajstić information content (AvgIpc) is 3.30. The van der Waals surface area contributed by atoms with Crippen molar-refractivity contribution in [3.8, 4) is 5.69 Å². The summed E-state index contributed by atoms with van der Waals surface area (Å²) in [5.74, 6) is -0.0272. The Balaban J connectivity index is 2.00. The van der Waals surface area contributed by atoms with E-state index < -0.39 is 18.1 Å². The molecule has 0 radical (unpaired) electrons. The summed E-state index contributed by atoms with van der Waals surface area (Å²) in [5, 5.41) is 14.6. The summed E-state index contributed by atoms with van der Waals surface area (Å²) in [6, 6.07) is 2.89. The molecule has 4 rings (SSSR count). The van der Waals surface area contributed by atoms with Crippen LogP contribution in [-0.2, 0) is 13.2 Å². The lowest BCUT2D eigenvalue weighted by Gasteiger charge is -2.22. The standard InChI is InChI=1S/C23H29FN4O3/c1-5-26-21(12-29)25-28(23(26)31)20-10-15-16(9-18(20)24)22(30)27(11-17(15)13(2)3)19-8-6-7-14(19)4/h9-11,13-14,19,29H,5-8,12H2,1-4H3/t14-,19+/m1/s1. The number of aliphatic hydroxyl groups is 1. The first-order valence-corrected chi connectivity index (χ1v) is 11.0. The number of aromatic nitrogens is 4. The molecule has 0 saturated heterocycles. The molecule has 0 aliphatic heterocycles. The van der Waals surface area contributed by atoms with Crippen molar-refractivity contribution in [2.45, 2.75) is 72.1 Å². The fraction of sp³-hybridized carbons (Fsp3) is 0.522. The van der Waals surface area contributed by atoms with E-state index in [1.807, 2.05) is 20.0 Å². The van der Waals surface area contributed by atoms with Gasteiger partial charge >= 0.3 is 5.69 Å². The predicted molar refractivity (Wildman–Crippen MR) is 117 cm³/mol. The van der Waals surface area contributed by atoms with Gasteiger partial charge in [-0.25, -0.2) is 9.18 Å². The maximum absolute atomic E-state index is 15.2. The van der Waals surface area contributed by atoms with Crippen molar-refractivity contribution in [3.05, 3.63) is 56.4 Å². The molecule has 0 amide bonds. The lowest BCUT2D eigenvalue weighted by Crippen LogP contribution is -2.28. The summed E-state index contributed by atoms with van der Waals surface area (Å²) in [6.45, 7) is 7.87. The van der Waals surface area contributed by atoms with E-state index in [1.165, 1.54) is 10.6 Å². The molecule has 1 fully saturated rings. The van der Waals surface area contributed by atoms with Gasteiger partial charge in [-0.1, -0.05) is 27.2 Å². The summed E-state index contributed by atoms with van der Waals surface area (Å²) >= 11 is 0. The van der Waals surface area contributed by atoms with E-state index in [9.17, 15) is 14.7 Å². The van der Waals surface area contributed by atoms with Gasteiger partial charge in [-0.3, -0.25) is 9.36 Å². The Hall–Kier alpha value is -2.74. The summed E-state index contributed by atoms with van der Waals surface area (Å²) < 4.78 is 19.3. The first-order chi connectivity index (χ1) is 14.8. The number of benzene rings is 1. The third kappa shape index (κ3) is 3.43. The van der Waals surface area contributed by atoms with Crippen LogP contribution in [0.5, 0.6) is 0 Å². The zero-order chi connectivity index (χ0) is 22.4. The van der Waals surface area contributed by atoms with E-state index >= 15 is 4.39 Å². The van der Waals surface area contributed by atoms with Gasteiger partial charge in [0.1, 0.15) is 18.1 Å². The number of rotatable bonds is 5. The van der Waals surface area contributed by atoms with Crippen LogP contribution in [0.2, 0.25) is 0 Å². The second-order valence-corrected chi connectivity index (χ2v) is 8.79. The number of hydrogen-bond acceptors (Lipinski definition) is 4. The minimum Gasteiger partial charge on any atom is -0.388 e. The van der Waals surface area contributed by atoms with Crippen LogP contribution in [0.3, 0.4) is 0 Å². The molecule has 3 aromatic rings. The lowest BCUT2D eigenvalue weighted by molar-refractivity contribution is 0.264. The van der Waals surface area contributed by atoms with Crippen molar-refractivity contribution >= 4 is 10.8 Å². The van der Waals surface area contributed by atoms with Crippen LogP contribution in [0.15, 0.2) is 27.9 Å². The summed E-state index contributed by atoms with van der Waals surface area (Å²) in [5.41, 5.74) is 0.183. The smallest absolute Gasteiger partial charge is 0.350 e. The first kappa shape index (κ1) is 21.5. The molecule has 1 aliphatic carbocycles. The first-order valence-electron chi connectivity index (χ1n) is 11.0. The highest BCUT2D eigenvalue weighted by Crippen LogP contribution is 2.36. The van der Waals surface area contributed by atoms with E-state index in [1.54, 1.807) is 17.6 Å². The molecule has 2 aromatic heterocycles. The van der Waals surface area contributed by atoms with Gasteiger partial charge in [0, 0.05) is 18.8 Å². The van der Waals surface area contributed by atoms with Crippen molar-refractivity contribution < 1.29 is 9.50 Å². The maximum Gasteiger partial charge on any atom is 0.350 e. The fourth-order valence-corrected chi connectivity index (χ4v) is 4.83. The Morgan fingerprint density at radius 3 is 2.52 bits per heavy atom. The van der Waals surface area contributed by atoms with Gasteiger partial charge in [0.25, 0.3) is 5.56 Å². The minimum absolute atomic E-state index is 0.0207. The van der Waals surface area contributed by atoms with Crippen molar-refractivity contribution in [2.75, 3.05) is 0 Å². The van der Waals surface area contributed by atoms with Crippen LogP contribution in [0.1, 0.15) is 70.3 Å². The molecule has 2 atom stereocenters. The summed E-state index contributed by atoms with van der Waals surface area (Å²) in [7, 11) is 0. The molecular weight excluding hydrogens is 399 g/mol. The van der Waals surface area contributed by atoms with Gasteiger partial charge in [0.2, 0.25) is 0 Å². The van der Waals surface area contributed by atoms with Gasteiger partial charge < -0.3 is 9.67 Å². The highest BCUT2D eigenvalue weighted by molar-refractivity contribution is 5.87. The second kappa shape index (κ2) is 8.07. The molecule has 2 heterocycles. The van der Waals surface area contributed by atoms with Gasteiger partial charge in [0.15, 0.2) is 5.82 Å². The SMILES string of the molecule is CCn1c(CO)nn(-c2cc3c(C(C)C)cn([C@H]4CCC[C@H]4C)c(=O)c3cc2F)c1=O. The Labute approximate surface area is 179 Å². The highest BCUT2D eigenvalue weighted by Gasteiger charge is 2.28. The Morgan fingerprint density at radius 1 is 1.23 bits per heavy atom. The number of pyridine rings is 1. The zero-order valence-corrected chi connectivity index (χ0v) is 18.4. The topological polar surface area (TPSA) is 82.0 Å². The molecule has 1 aliphatic rings. The van der Waals surface area contributed by atoms with Crippen LogP contribution in [0.4, 0.5) is 4.39 Å². The van der Waals surface area contributed by atoms with E-state index in [2.05, 4.69) is 12.0 Å². The zero-order valence-electron chi connectivity index (χ0n) is 18.4. The molecule has 1 saturated carbocycles. The van der Waals surface area contributed by atoms with Crippen molar-refractivity contribution in [1.82, 2.24) is 18.9 Å². The number of aliphatic hydroxyl groups excluding tert-OH is 1. The molecule has 0 spiro atoms. The number of halogens is 1. The minimum atomic E-state index is -0.691. The normalized spacial score (nSPS) is 19.1. The number of hydrogen-bond donors (Lipinski definition) is 1. The van der Waals surface area contributed by atoms with E-state index in [0.29, 0.717) is 23.2 Å². The second-order valence-electron chi connectivity index (χ2n) is 8.79. The molecule has 0 unspecified atom stereocenters. The summed E-state index contributed by atoms with van der Waals surface area (Å²) in [4.78, 5) is 26.1. The average molecular weight is 429 g/mol. The van der Waals surface area contributed by atoms with E-state index in [-0.39, 0.29) is 29.0 Å². The quantitative estimate of drug-likeness (QED) is 0.675. The molecule has 166 valence electrons. The van der Waals surface area contributed by atoms with Crippen molar-refractivity contribution in [3.63, 3.8) is 0 Å². The molecule has 7 nitrogen and oxygen atoms in total. The third-order valence-corrected chi connectivity index (χ3v) is 6.56. The summed E-state index contributed by atoms with van der Waals surface area (Å²) in [6.07, 6.45) is 5.01. The van der Waals surface area contributed by atoms with Gasteiger partial charge in [0.05, 0.1) is 5.39 Å². The largest absolute Gasteiger partial charge is 0.388 e. The van der Waals surface area contributed by atoms with Gasteiger partial charge in [-0.2, -0.15) is 4.68 Å². The molecular formula is C23H29FN4O3. The van der Waals surface area contributed by atoms with Crippen molar-refractivity contribution in [2.24, 2.45) is 5.92 Å². The molecule has 1 N–H and O–H groups in total. The Bertz CT molecular complexity index is 1250. The monoisotopic (exact) mass is 428 g/mol. The number of fused-ring (bicyclic) bond motifs is 1. The van der Waals surface area contributed by atoms with E-state index in [4.69, 9.17) is 0 Å². The molecule has 31 heavy (non-hydrogen) atoms. The van der Waals surface area contributed by atoms with Crippen LogP contribution < -0.4 is 11.2 Å². The third-order valence-electron chi connectivity index (χ3n) is 6.56. The Morgan fingerprint density at radius 2 is 1.97 bits per heavy atom. The van der Waals surface area contributed by atoms with Crippen LogP contribution in [-0.4, -0.2) is 24.0 Å². The lowest BCUT2D eigenvalue weighted by atomic mass is 9.96. The maximum atomic E-state index is 15.2. The highest BCUT2D eigenvalue weighted by atomic mass is 19.1. The van der Waals surface area contributed by atoms with Gasteiger partial charge in [-0.15, -0.1) is 5.10 Å². The van der Waals surface area contributed by atoms with Gasteiger partial charge in [-0.05, 0) is 54.7 Å².